The highest BCUT2D eigenvalue weighted by Crippen LogP contribution is 2.06. The third-order valence-electron chi connectivity index (χ3n) is 4.37. The fraction of sp³-hybridized carbons (Fsp3) is 0.476. The summed E-state index contributed by atoms with van der Waals surface area (Å²) in [6.07, 6.45) is -1.88. The van der Waals surface area contributed by atoms with Crippen LogP contribution in [0.25, 0.3) is 0 Å². The molecular weight excluding hydrogens is 460 g/mol. The van der Waals surface area contributed by atoms with E-state index in [1.807, 2.05) is 5.32 Å². The molecule has 1 rings (SSSR count). The molecule has 0 fully saturated rings. The van der Waals surface area contributed by atoms with Crippen molar-refractivity contribution in [3.05, 3.63) is 35.9 Å². The van der Waals surface area contributed by atoms with E-state index in [0.717, 1.165) is 5.56 Å². The molecule has 3 amide bonds. The first kappa shape index (κ1) is 28.3. The van der Waals surface area contributed by atoms with Gasteiger partial charge in [-0.15, -0.1) is 0 Å². The minimum absolute atomic E-state index is 0.0302. The number of ether oxygens (including phenoxy) is 2. The molecule has 1 aromatic carbocycles. The van der Waals surface area contributed by atoms with Crippen molar-refractivity contribution in [2.24, 2.45) is 5.92 Å². The Balaban J connectivity index is 2.70. The predicted molar refractivity (Wildman–Crippen MR) is 112 cm³/mol. The lowest BCUT2D eigenvalue weighted by Crippen LogP contribution is -2.56. The number of amides is 3. The Bertz CT molecular complexity index is 867. The quantitative estimate of drug-likeness (QED) is 0.320. The van der Waals surface area contributed by atoms with E-state index in [2.05, 4.69) is 15.4 Å². The number of carbonyl (C=O) groups excluding carboxylic acids is 4. The summed E-state index contributed by atoms with van der Waals surface area (Å²) in [7, 11) is 0. The minimum Gasteiger partial charge on any atom is -0.481 e. The second kappa shape index (κ2) is 13.7. The number of carboxylic acid groups (broad SMARTS) is 1. The van der Waals surface area contributed by atoms with E-state index in [9.17, 15) is 32.8 Å². The van der Waals surface area contributed by atoms with Gasteiger partial charge in [-0.25, -0.2) is 9.59 Å². The molecule has 1 aromatic rings. The van der Waals surface area contributed by atoms with Gasteiger partial charge >= 0.3 is 24.6 Å². The Hall–Kier alpha value is -3.77. The van der Waals surface area contributed by atoms with Gasteiger partial charge in [-0.1, -0.05) is 44.2 Å². The summed E-state index contributed by atoms with van der Waals surface area (Å²) in [5, 5.41) is 15.5. The number of rotatable bonds is 12. The number of carbonyl (C=O) groups is 5. The molecule has 0 aliphatic heterocycles. The third-order valence-corrected chi connectivity index (χ3v) is 4.37. The summed E-state index contributed by atoms with van der Waals surface area (Å²) in [4.78, 5) is 59.5. The Morgan fingerprint density at radius 3 is 2.09 bits per heavy atom. The fourth-order valence-corrected chi connectivity index (χ4v) is 2.63. The van der Waals surface area contributed by atoms with Gasteiger partial charge in [0.25, 0.3) is 0 Å². The first-order valence-corrected chi connectivity index (χ1v) is 10.2. The van der Waals surface area contributed by atoms with Gasteiger partial charge in [0.05, 0.1) is 6.42 Å². The third kappa shape index (κ3) is 10.2. The van der Waals surface area contributed by atoms with Crippen molar-refractivity contribution in [2.45, 2.75) is 58.5 Å². The van der Waals surface area contributed by atoms with Crippen molar-refractivity contribution in [3.63, 3.8) is 0 Å². The van der Waals surface area contributed by atoms with Crippen LogP contribution in [-0.2, 0) is 35.3 Å². The Morgan fingerprint density at radius 1 is 0.941 bits per heavy atom. The largest absolute Gasteiger partial charge is 0.481 e. The van der Waals surface area contributed by atoms with Crippen molar-refractivity contribution < 1.29 is 47.3 Å². The van der Waals surface area contributed by atoms with Crippen LogP contribution in [0.5, 0.6) is 0 Å². The topological polar surface area (TPSA) is 160 Å². The van der Waals surface area contributed by atoms with E-state index in [4.69, 9.17) is 9.84 Å². The first-order chi connectivity index (χ1) is 15.9. The van der Waals surface area contributed by atoms with E-state index < -0.39 is 66.9 Å². The number of halogens is 2. The number of alkyl halides is 2. The van der Waals surface area contributed by atoms with E-state index >= 15 is 0 Å². The summed E-state index contributed by atoms with van der Waals surface area (Å²) in [5.41, 5.74) is 0.731. The summed E-state index contributed by atoms with van der Waals surface area (Å²) >= 11 is 0. The van der Waals surface area contributed by atoms with E-state index in [1.54, 1.807) is 44.2 Å². The number of carboxylic acids is 1. The number of benzene rings is 1. The molecule has 188 valence electrons. The maximum atomic E-state index is 12.6. The maximum Gasteiger partial charge on any atom is 0.408 e. The monoisotopic (exact) mass is 487 g/mol. The van der Waals surface area contributed by atoms with Crippen LogP contribution in [0.4, 0.5) is 13.6 Å². The standard InChI is InChI=1S/C21H27F2N3O8/c1-11(2)16(26-21(32)33-10-13-7-5-4-6-8-13)18(30)24-12(3)17(29)25-14(9-15(27)28)19(31)34-20(22)23/h4-8,11-12,14,16,20H,9-10H2,1-3H3,(H,24,30)(H,25,29)(H,26,32)(H,27,28). The van der Waals surface area contributed by atoms with Gasteiger partial charge < -0.3 is 30.5 Å². The molecule has 0 radical (unpaired) electrons. The lowest BCUT2D eigenvalue weighted by atomic mass is 10.0. The van der Waals surface area contributed by atoms with Crippen LogP contribution in [0, 0.1) is 5.92 Å². The normalized spacial score (nSPS) is 13.4. The number of aliphatic carboxylic acids is 1. The molecular formula is C21H27F2N3O8. The van der Waals surface area contributed by atoms with Gasteiger partial charge in [-0.2, -0.15) is 8.78 Å². The molecule has 0 spiro atoms. The summed E-state index contributed by atoms with van der Waals surface area (Å²) in [6.45, 7) is 0.954. The fourth-order valence-electron chi connectivity index (χ4n) is 2.63. The first-order valence-electron chi connectivity index (χ1n) is 10.2. The molecule has 3 atom stereocenters. The van der Waals surface area contributed by atoms with Crippen LogP contribution < -0.4 is 16.0 Å². The van der Waals surface area contributed by atoms with Crippen LogP contribution in [0.3, 0.4) is 0 Å². The summed E-state index contributed by atoms with van der Waals surface area (Å²) in [5.74, 6) is -5.40. The molecule has 0 aliphatic carbocycles. The van der Waals surface area contributed by atoms with Crippen LogP contribution in [0.15, 0.2) is 30.3 Å². The SMILES string of the molecule is CC(NC(=O)C(NC(=O)OCc1ccccc1)C(C)C)C(=O)NC(CC(=O)O)C(=O)OC(F)F. The van der Waals surface area contributed by atoms with E-state index in [-0.39, 0.29) is 6.61 Å². The van der Waals surface area contributed by atoms with Gasteiger partial charge in [-0.05, 0) is 18.4 Å². The lowest BCUT2D eigenvalue weighted by Gasteiger charge is -2.24. The van der Waals surface area contributed by atoms with Gasteiger partial charge in [-0.3, -0.25) is 14.4 Å². The molecule has 0 aliphatic rings. The van der Waals surface area contributed by atoms with E-state index in [1.165, 1.54) is 6.92 Å². The van der Waals surface area contributed by atoms with Crippen LogP contribution in [0.1, 0.15) is 32.8 Å². The highest BCUT2D eigenvalue weighted by atomic mass is 19.3. The Kier molecular flexibility index (Phi) is 11.4. The number of alkyl carbamates (subject to hydrolysis) is 1. The highest BCUT2D eigenvalue weighted by molar-refractivity contribution is 5.93. The van der Waals surface area contributed by atoms with Gasteiger partial charge in [0.2, 0.25) is 11.8 Å². The zero-order valence-electron chi connectivity index (χ0n) is 18.7. The number of esters is 1. The second-order valence-corrected chi connectivity index (χ2v) is 7.51. The average Bonchev–Trinajstić information content (AvgIpc) is 2.75. The average molecular weight is 487 g/mol. The number of hydrogen-bond acceptors (Lipinski definition) is 7. The van der Waals surface area contributed by atoms with Gasteiger partial charge in [0.15, 0.2) is 0 Å². The molecule has 0 aromatic heterocycles. The predicted octanol–water partition coefficient (Wildman–Crippen LogP) is 1.17. The summed E-state index contributed by atoms with van der Waals surface area (Å²) in [6, 6.07) is 4.51. The number of nitrogens with one attached hydrogen (secondary N) is 3. The van der Waals surface area contributed by atoms with Crippen LogP contribution >= 0.6 is 0 Å². The summed E-state index contributed by atoms with van der Waals surface area (Å²) < 4.78 is 33.3. The van der Waals surface area contributed by atoms with Gasteiger partial charge in [0, 0.05) is 0 Å². The van der Waals surface area contributed by atoms with Crippen LogP contribution in [-0.4, -0.2) is 59.7 Å². The zero-order valence-corrected chi connectivity index (χ0v) is 18.7. The molecule has 0 saturated heterocycles. The molecule has 3 unspecified atom stereocenters. The molecule has 13 heteroatoms. The zero-order chi connectivity index (χ0) is 25.8. The maximum absolute atomic E-state index is 12.6. The van der Waals surface area contributed by atoms with Crippen molar-refractivity contribution in [2.75, 3.05) is 0 Å². The molecule has 0 saturated carbocycles. The number of hydrogen-bond donors (Lipinski definition) is 4. The molecule has 34 heavy (non-hydrogen) atoms. The molecule has 0 heterocycles. The highest BCUT2D eigenvalue weighted by Gasteiger charge is 2.31. The smallest absolute Gasteiger partial charge is 0.408 e. The molecule has 4 N–H and O–H groups in total. The molecule has 0 bridgehead atoms. The van der Waals surface area contributed by atoms with E-state index in [0.29, 0.717) is 0 Å². The van der Waals surface area contributed by atoms with Crippen molar-refractivity contribution in [1.82, 2.24) is 16.0 Å². The Morgan fingerprint density at radius 2 is 1.56 bits per heavy atom. The molecule has 11 nitrogen and oxygen atoms in total. The Labute approximate surface area is 194 Å². The second-order valence-electron chi connectivity index (χ2n) is 7.51. The lowest BCUT2D eigenvalue weighted by molar-refractivity contribution is -0.180. The van der Waals surface area contributed by atoms with Gasteiger partial charge in [0.1, 0.15) is 24.7 Å². The van der Waals surface area contributed by atoms with Crippen molar-refractivity contribution in [1.29, 1.82) is 0 Å². The minimum atomic E-state index is -3.50. The van der Waals surface area contributed by atoms with Crippen LogP contribution in [0.2, 0.25) is 0 Å². The van der Waals surface area contributed by atoms with Crippen molar-refractivity contribution in [3.8, 4) is 0 Å². The van der Waals surface area contributed by atoms with Crippen molar-refractivity contribution >= 4 is 29.8 Å².